The smallest absolute Gasteiger partial charge is 0.224 e. The predicted octanol–water partition coefficient (Wildman–Crippen LogP) is 3.07. The second-order valence-corrected chi connectivity index (χ2v) is 5.79. The second kappa shape index (κ2) is 5.53. The first-order valence-corrected chi connectivity index (χ1v) is 6.35. The van der Waals surface area contributed by atoms with Gasteiger partial charge in [-0.25, -0.2) is 0 Å². The number of carbonyl (C=O) groups excluding carboxylic acids is 1. The third kappa shape index (κ3) is 4.49. The van der Waals surface area contributed by atoms with E-state index in [9.17, 15) is 4.79 Å². The third-order valence-corrected chi connectivity index (χ3v) is 3.11. The van der Waals surface area contributed by atoms with E-state index in [2.05, 4.69) is 18.3 Å². The first-order valence-electron chi connectivity index (χ1n) is 6.35. The van der Waals surface area contributed by atoms with E-state index in [1.807, 2.05) is 33.8 Å². The standard InChI is InChI=1S/C15H24N2O/c1-10-8-12(3)13(9-11(10)2)17-14(18)6-7-15(4,5)16/h8-9H,6-7,16H2,1-5H3,(H,17,18). The van der Waals surface area contributed by atoms with Gasteiger partial charge < -0.3 is 11.1 Å². The van der Waals surface area contributed by atoms with E-state index in [4.69, 9.17) is 5.73 Å². The van der Waals surface area contributed by atoms with E-state index in [1.54, 1.807) is 0 Å². The summed E-state index contributed by atoms with van der Waals surface area (Å²) >= 11 is 0. The summed E-state index contributed by atoms with van der Waals surface area (Å²) in [5, 5.41) is 2.96. The quantitative estimate of drug-likeness (QED) is 0.860. The van der Waals surface area contributed by atoms with Crippen LogP contribution in [0.3, 0.4) is 0 Å². The topological polar surface area (TPSA) is 55.1 Å². The summed E-state index contributed by atoms with van der Waals surface area (Å²) < 4.78 is 0. The van der Waals surface area contributed by atoms with E-state index in [0.29, 0.717) is 12.8 Å². The first kappa shape index (κ1) is 14.7. The minimum atomic E-state index is -0.296. The Morgan fingerprint density at radius 2 is 1.72 bits per heavy atom. The molecule has 0 aliphatic carbocycles. The Morgan fingerprint density at radius 1 is 1.17 bits per heavy atom. The highest BCUT2D eigenvalue weighted by molar-refractivity contribution is 5.91. The molecule has 3 N–H and O–H groups in total. The second-order valence-electron chi connectivity index (χ2n) is 5.79. The molecule has 3 nitrogen and oxygen atoms in total. The molecule has 1 rings (SSSR count). The van der Waals surface area contributed by atoms with Crippen molar-refractivity contribution in [1.82, 2.24) is 0 Å². The monoisotopic (exact) mass is 248 g/mol. The number of benzene rings is 1. The van der Waals surface area contributed by atoms with Crippen LogP contribution in [0.25, 0.3) is 0 Å². The lowest BCUT2D eigenvalue weighted by Crippen LogP contribution is -2.33. The van der Waals surface area contributed by atoms with Gasteiger partial charge in [-0.1, -0.05) is 6.07 Å². The van der Waals surface area contributed by atoms with Crippen LogP contribution in [0.4, 0.5) is 5.69 Å². The molecule has 0 heterocycles. The number of hydrogen-bond donors (Lipinski definition) is 2. The zero-order valence-corrected chi connectivity index (χ0v) is 12.1. The molecule has 0 bridgehead atoms. The molecule has 1 aromatic rings. The van der Waals surface area contributed by atoms with Gasteiger partial charge in [0, 0.05) is 17.6 Å². The Hall–Kier alpha value is -1.35. The molecule has 0 saturated carbocycles. The van der Waals surface area contributed by atoms with Crippen LogP contribution in [0.5, 0.6) is 0 Å². The van der Waals surface area contributed by atoms with E-state index in [1.165, 1.54) is 11.1 Å². The molecule has 0 aromatic heterocycles. The van der Waals surface area contributed by atoms with Crippen molar-refractivity contribution in [1.29, 1.82) is 0 Å². The Labute approximate surface area is 110 Å². The van der Waals surface area contributed by atoms with E-state index in [0.717, 1.165) is 11.3 Å². The van der Waals surface area contributed by atoms with Gasteiger partial charge in [0.15, 0.2) is 0 Å². The van der Waals surface area contributed by atoms with Gasteiger partial charge in [-0.2, -0.15) is 0 Å². The van der Waals surface area contributed by atoms with Crippen LogP contribution >= 0.6 is 0 Å². The maximum atomic E-state index is 11.8. The van der Waals surface area contributed by atoms with Crippen molar-refractivity contribution in [2.24, 2.45) is 5.73 Å². The number of hydrogen-bond acceptors (Lipinski definition) is 2. The lowest BCUT2D eigenvalue weighted by atomic mass is 9.99. The van der Waals surface area contributed by atoms with Gasteiger partial charge in [-0.05, 0) is 63.8 Å². The predicted molar refractivity (Wildman–Crippen MR) is 76.8 cm³/mol. The molecule has 0 aliphatic rings. The fourth-order valence-corrected chi connectivity index (χ4v) is 1.74. The summed E-state index contributed by atoms with van der Waals surface area (Å²) in [5.41, 5.74) is 10.0. The van der Waals surface area contributed by atoms with Gasteiger partial charge >= 0.3 is 0 Å². The molecule has 1 amide bonds. The van der Waals surface area contributed by atoms with Crippen LogP contribution in [-0.2, 0) is 4.79 Å². The van der Waals surface area contributed by atoms with Crippen molar-refractivity contribution >= 4 is 11.6 Å². The van der Waals surface area contributed by atoms with Gasteiger partial charge in [0.1, 0.15) is 0 Å². The van der Waals surface area contributed by atoms with E-state index in [-0.39, 0.29) is 11.4 Å². The van der Waals surface area contributed by atoms with Gasteiger partial charge in [-0.15, -0.1) is 0 Å². The number of anilines is 1. The maximum absolute atomic E-state index is 11.8. The summed E-state index contributed by atoms with van der Waals surface area (Å²) in [6.45, 7) is 10.00. The molecule has 3 heteroatoms. The molecule has 0 unspecified atom stereocenters. The third-order valence-electron chi connectivity index (χ3n) is 3.11. The summed E-state index contributed by atoms with van der Waals surface area (Å²) in [7, 11) is 0. The maximum Gasteiger partial charge on any atom is 0.224 e. The number of aryl methyl sites for hydroxylation is 3. The van der Waals surface area contributed by atoms with Gasteiger partial charge in [0.25, 0.3) is 0 Å². The van der Waals surface area contributed by atoms with E-state index < -0.39 is 0 Å². The average Bonchev–Trinajstić information content (AvgIpc) is 2.22. The molecule has 0 aliphatic heterocycles. The highest BCUT2D eigenvalue weighted by atomic mass is 16.1. The molecular formula is C15H24N2O. The lowest BCUT2D eigenvalue weighted by molar-refractivity contribution is -0.116. The molecule has 0 atom stereocenters. The summed E-state index contributed by atoms with van der Waals surface area (Å²) in [6, 6.07) is 4.12. The van der Waals surface area contributed by atoms with Crippen molar-refractivity contribution in [3.05, 3.63) is 28.8 Å². The Kier molecular flexibility index (Phi) is 4.52. The Balaban J connectivity index is 2.68. The van der Waals surface area contributed by atoms with E-state index >= 15 is 0 Å². The highest BCUT2D eigenvalue weighted by Crippen LogP contribution is 2.20. The number of carbonyl (C=O) groups is 1. The fourth-order valence-electron chi connectivity index (χ4n) is 1.74. The minimum absolute atomic E-state index is 0.0277. The van der Waals surface area contributed by atoms with Crippen molar-refractivity contribution in [2.45, 2.75) is 53.0 Å². The van der Waals surface area contributed by atoms with Crippen molar-refractivity contribution in [3.63, 3.8) is 0 Å². The van der Waals surface area contributed by atoms with Crippen molar-refractivity contribution in [3.8, 4) is 0 Å². The van der Waals surface area contributed by atoms with Crippen LogP contribution in [0, 0.1) is 20.8 Å². The SMILES string of the molecule is Cc1cc(C)c(NC(=O)CCC(C)(C)N)cc1C. The summed E-state index contributed by atoms with van der Waals surface area (Å²) in [6.07, 6.45) is 1.14. The Morgan fingerprint density at radius 3 is 2.28 bits per heavy atom. The van der Waals surface area contributed by atoms with Crippen LogP contribution in [0.1, 0.15) is 43.4 Å². The van der Waals surface area contributed by atoms with Crippen molar-refractivity contribution < 1.29 is 4.79 Å². The molecule has 0 radical (unpaired) electrons. The number of amides is 1. The van der Waals surface area contributed by atoms with Gasteiger partial charge in [0.05, 0.1) is 0 Å². The molecule has 0 spiro atoms. The largest absolute Gasteiger partial charge is 0.326 e. The molecule has 0 saturated heterocycles. The van der Waals surface area contributed by atoms with Crippen LogP contribution in [0.2, 0.25) is 0 Å². The van der Waals surface area contributed by atoms with Crippen LogP contribution in [-0.4, -0.2) is 11.4 Å². The molecule has 100 valence electrons. The van der Waals surface area contributed by atoms with Crippen molar-refractivity contribution in [2.75, 3.05) is 5.32 Å². The fraction of sp³-hybridized carbons (Fsp3) is 0.533. The Bertz CT molecular complexity index is 445. The minimum Gasteiger partial charge on any atom is -0.326 e. The van der Waals surface area contributed by atoms with Gasteiger partial charge in [0.2, 0.25) is 5.91 Å². The zero-order chi connectivity index (χ0) is 13.9. The molecule has 0 fully saturated rings. The molecule has 18 heavy (non-hydrogen) atoms. The lowest BCUT2D eigenvalue weighted by Gasteiger charge is -2.18. The highest BCUT2D eigenvalue weighted by Gasteiger charge is 2.14. The van der Waals surface area contributed by atoms with Crippen LogP contribution in [0.15, 0.2) is 12.1 Å². The molecule has 1 aromatic carbocycles. The number of nitrogens with two attached hydrogens (primary N) is 1. The van der Waals surface area contributed by atoms with Gasteiger partial charge in [-0.3, -0.25) is 4.79 Å². The number of rotatable bonds is 4. The summed E-state index contributed by atoms with van der Waals surface area (Å²) in [5.74, 6) is 0.0277. The first-order chi connectivity index (χ1) is 8.19. The summed E-state index contributed by atoms with van der Waals surface area (Å²) in [4.78, 5) is 11.8. The van der Waals surface area contributed by atoms with Crippen LogP contribution < -0.4 is 11.1 Å². The number of nitrogens with one attached hydrogen (secondary N) is 1. The molecular weight excluding hydrogens is 224 g/mol. The zero-order valence-electron chi connectivity index (χ0n) is 12.1. The normalized spacial score (nSPS) is 11.4. The average molecular weight is 248 g/mol.